The predicted molar refractivity (Wildman–Crippen MR) is 96.7 cm³/mol. The molecule has 0 spiro atoms. The number of rotatable bonds is 6. The van der Waals surface area contributed by atoms with E-state index in [1.165, 1.54) is 0 Å². The highest BCUT2D eigenvalue weighted by Gasteiger charge is 2.23. The van der Waals surface area contributed by atoms with Gasteiger partial charge in [-0.3, -0.25) is 9.89 Å². The van der Waals surface area contributed by atoms with Crippen molar-refractivity contribution in [3.8, 4) is 5.75 Å². The molecule has 7 heteroatoms. The van der Waals surface area contributed by atoms with Crippen LogP contribution < -0.4 is 4.74 Å². The first-order valence-corrected chi connectivity index (χ1v) is 8.84. The average Bonchev–Trinajstić information content (AvgIpc) is 3.28. The lowest BCUT2D eigenvalue weighted by Gasteiger charge is -2.22. The van der Waals surface area contributed by atoms with E-state index in [-0.39, 0.29) is 11.9 Å². The van der Waals surface area contributed by atoms with Crippen molar-refractivity contribution in [1.82, 2.24) is 20.1 Å². The number of H-pyrrole nitrogens is 1. The number of thiazole rings is 1. The smallest absolute Gasteiger partial charge is 0.274 e. The van der Waals surface area contributed by atoms with E-state index in [1.54, 1.807) is 29.4 Å². The number of para-hydroxylation sites is 1. The molecule has 1 N–H and O–H groups in total. The number of carbonyl (C=O) groups excluding carboxylic acids is 1. The highest BCUT2D eigenvalue weighted by molar-refractivity contribution is 7.09. The van der Waals surface area contributed by atoms with Gasteiger partial charge in [0.25, 0.3) is 5.91 Å². The Balaban J connectivity index is 1.63. The van der Waals surface area contributed by atoms with E-state index in [4.69, 9.17) is 4.74 Å². The normalized spacial score (nSPS) is 12.0. The van der Waals surface area contributed by atoms with Gasteiger partial charge in [0.15, 0.2) is 5.69 Å². The van der Waals surface area contributed by atoms with Crippen LogP contribution in [0.15, 0.2) is 41.8 Å². The molecule has 0 saturated carbocycles. The summed E-state index contributed by atoms with van der Waals surface area (Å²) in [7, 11) is 1.76. The van der Waals surface area contributed by atoms with Crippen LogP contribution in [0.3, 0.4) is 0 Å². The monoisotopic (exact) mass is 356 g/mol. The van der Waals surface area contributed by atoms with Gasteiger partial charge in [0.2, 0.25) is 0 Å². The molecule has 2 aromatic heterocycles. The fourth-order valence-electron chi connectivity index (χ4n) is 2.31. The summed E-state index contributed by atoms with van der Waals surface area (Å²) in [5.41, 5.74) is 2.08. The molecule has 0 unspecified atom stereocenters. The molecule has 3 aromatic rings. The maximum absolute atomic E-state index is 12.6. The van der Waals surface area contributed by atoms with Crippen LogP contribution >= 0.6 is 11.3 Å². The third kappa shape index (κ3) is 4.06. The second-order valence-electron chi connectivity index (χ2n) is 5.80. The van der Waals surface area contributed by atoms with E-state index in [0.717, 1.165) is 22.1 Å². The van der Waals surface area contributed by atoms with Crippen LogP contribution in [-0.2, 0) is 6.61 Å². The van der Waals surface area contributed by atoms with Gasteiger partial charge in [0, 0.05) is 18.1 Å². The molecule has 0 saturated heterocycles. The molecular weight excluding hydrogens is 336 g/mol. The second-order valence-corrected chi connectivity index (χ2v) is 6.69. The molecule has 1 atom stereocenters. The summed E-state index contributed by atoms with van der Waals surface area (Å²) in [6.45, 7) is 4.23. The Morgan fingerprint density at radius 1 is 1.36 bits per heavy atom. The number of benzene rings is 1. The van der Waals surface area contributed by atoms with E-state index in [2.05, 4.69) is 15.2 Å². The average molecular weight is 356 g/mol. The number of hydrogen-bond acceptors (Lipinski definition) is 5. The van der Waals surface area contributed by atoms with Crippen molar-refractivity contribution in [3.05, 3.63) is 63.9 Å². The third-order valence-corrected chi connectivity index (χ3v) is 5.02. The minimum atomic E-state index is -0.150. The number of aryl methyl sites for hydroxylation is 1. The van der Waals surface area contributed by atoms with Gasteiger partial charge in [0.1, 0.15) is 17.4 Å². The summed E-state index contributed by atoms with van der Waals surface area (Å²) in [6, 6.07) is 11.1. The van der Waals surface area contributed by atoms with Crippen molar-refractivity contribution in [1.29, 1.82) is 0 Å². The van der Waals surface area contributed by atoms with E-state index in [9.17, 15) is 4.79 Å². The molecule has 1 aromatic carbocycles. The van der Waals surface area contributed by atoms with Gasteiger partial charge in [-0.15, -0.1) is 11.3 Å². The number of amides is 1. The highest BCUT2D eigenvalue weighted by Crippen LogP contribution is 2.23. The first-order chi connectivity index (χ1) is 12.0. The maximum atomic E-state index is 12.6. The molecule has 3 rings (SSSR count). The number of hydrogen-bond donors (Lipinski definition) is 1. The van der Waals surface area contributed by atoms with Crippen LogP contribution in [0.4, 0.5) is 0 Å². The van der Waals surface area contributed by atoms with Gasteiger partial charge in [-0.2, -0.15) is 5.10 Å². The summed E-state index contributed by atoms with van der Waals surface area (Å²) in [6.07, 6.45) is 0. The highest BCUT2D eigenvalue weighted by atomic mass is 32.1. The van der Waals surface area contributed by atoms with Crippen LogP contribution in [0.5, 0.6) is 5.75 Å². The van der Waals surface area contributed by atoms with E-state index in [1.807, 2.05) is 49.6 Å². The lowest BCUT2D eigenvalue weighted by Crippen LogP contribution is -2.29. The minimum absolute atomic E-state index is 0.105. The molecule has 0 radical (unpaired) electrons. The van der Waals surface area contributed by atoms with Crippen molar-refractivity contribution in [3.63, 3.8) is 0 Å². The predicted octanol–water partition coefficient (Wildman–Crippen LogP) is 3.59. The number of nitrogens with zero attached hydrogens (tertiary/aromatic N) is 3. The molecule has 0 aliphatic carbocycles. The maximum Gasteiger partial charge on any atom is 0.274 e. The fraction of sp³-hybridized carbons (Fsp3) is 0.278. The van der Waals surface area contributed by atoms with E-state index < -0.39 is 0 Å². The van der Waals surface area contributed by atoms with Gasteiger partial charge < -0.3 is 9.64 Å². The molecule has 2 heterocycles. The molecule has 25 heavy (non-hydrogen) atoms. The zero-order valence-electron chi connectivity index (χ0n) is 14.4. The standard InChI is InChI=1S/C18H20N4O2S/c1-12-11-25-17(19-12)13(2)22(3)18(23)16-9-14(20-21-16)10-24-15-7-5-4-6-8-15/h4-9,11,13H,10H2,1-3H3,(H,20,21)/t13-/m1/s1. The number of aromatic nitrogens is 3. The van der Waals surface area contributed by atoms with Gasteiger partial charge in [0.05, 0.1) is 11.7 Å². The number of nitrogens with one attached hydrogen (secondary N) is 1. The van der Waals surface area contributed by atoms with Crippen molar-refractivity contribution in [2.75, 3.05) is 7.05 Å². The topological polar surface area (TPSA) is 71.1 Å². The van der Waals surface area contributed by atoms with Crippen molar-refractivity contribution < 1.29 is 9.53 Å². The van der Waals surface area contributed by atoms with Gasteiger partial charge in [-0.05, 0) is 32.0 Å². The Morgan fingerprint density at radius 2 is 2.12 bits per heavy atom. The lowest BCUT2D eigenvalue weighted by molar-refractivity contribution is 0.0736. The SMILES string of the molecule is Cc1csc([C@@H](C)N(C)C(=O)c2cc(COc3ccccc3)[nH]n2)n1. The van der Waals surface area contributed by atoms with Gasteiger partial charge in [-0.1, -0.05) is 18.2 Å². The van der Waals surface area contributed by atoms with Crippen molar-refractivity contribution in [2.24, 2.45) is 0 Å². The zero-order valence-corrected chi connectivity index (χ0v) is 15.2. The number of ether oxygens (including phenoxy) is 1. The first-order valence-electron chi connectivity index (χ1n) is 7.96. The second kappa shape index (κ2) is 7.48. The summed E-state index contributed by atoms with van der Waals surface area (Å²) >= 11 is 1.56. The zero-order chi connectivity index (χ0) is 17.8. The molecule has 0 aliphatic heterocycles. The fourth-order valence-corrected chi connectivity index (χ4v) is 3.20. The van der Waals surface area contributed by atoms with Crippen molar-refractivity contribution in [2.45, 2.75) is 26.5 Å². The molecule has 130 valence electrons. The first kappa shape index (κ1) is 17.2. The quantitative estimate of drug-likeness (QED) is 0.733. The molecule has 0 aliphatic rings. The summed E-state index contributed by atoms with van der Waals surface area (Å²) < 4.78 is 5.66. The minimum Gasteiger partial charge on any atom is -0.487 e. The molecule has 0 bridgehead atoms. The summed E-state index contributed by atoms with van der Waals surface area (Å²) in [4.78, 5) is 18.7. The van der Waals surface area contributed by atoms with Crippen LogP contribution in [-0.4, -0.2) is 33.0 Å². The Kier molecular flexibility index (Phi) is 5.14. The van der Waals surface area contributed by atoms with Gasteiger partial charge in [-0.25, -0.2) is 4.98 Å². The van der Waals surface area contributed by atoms with Crippen LogP contribution in [0.2, 0.25) is 0 Å². The third-order valence-electron chi connectivity index (χ3n) is 3.88. The summed E-state index contributed by atoms with van der Waals surface area (Å²) in [5.74, 6) is 0.623. The molecular formula is C18H20N4O2S. The number of aromatic amines is 1. The van der Waals surface area contributed by atoms with Crippen LogP contribution in [0.25, 0.3) is 0 Å². The summed E-state index contributed by atoms with van der Waals surface area (Å²) in [5, 5.41) is 9.87. The number of carbonyl (C=O) groups is 1. The van der Waals surface area contributed by atoms with E-state index in [0.29, 0.717) is 12.3 Å². The van der Waals surface area contributed by atoms with Crippen LogP contribution in [0, 0.1) is 6.92 Å². The Labute approximate surface area is 150 Å². The molecule has 6 nitrogen and oxygen atoms in total. The Bertz CT molecular complexity index is 844. The van der Waals surface area contributed by atoms with E-state index >= 15 is 0 Å². The molecule has 0 fully saturated rings. The van der Waals surface area contributed by atoms with Gasteiger partial charge >= 0.3 is 0 Å². The largest absolute Gasteiger partial charge is 0.487 e. The van der Waals surface area contributed by atoms with Crippen molar-refractivity contribution >= 4 is 17.2 Å². The Hall–Kier alpha value is -2.67. The lowest BCUT2D eigenvalue weighted by atomic mass is 10.2. The Morgan fingerprint density at radius 3 is 2.80 bits per heavy atom. The van der Waals surface area contributed by atoms with Crippen LogP contribution in [0.1, 0.15) is 39.8 Å². The molecule has 1 amide bonds.